The van der Waals surface area contributed by atoms with Crippen LogP contribution in [0.25, 0.3) is 11.4 Å². The molecule has 3 aromatic heterocycles. The van der Waals surface area contributed by atoms with Gasteiger partial charge in [-0.25, -0.2) is 4.98 Å². The first kappa shape index (κ1) is 21.3. The molecule has 158 valence electrons. The Kier molecular flexibility index (Phi) is 7.04. The first-order valence-corrected chi connectivity index (χ1v) is 12.0. The predicted molar refractivity (Wildman–Crippen MR) is 120 cm³/mol. The number of aromatic nitrogens is 4. The number of halogens is 1. The van der Waals surface area contributed by atoms with Gasteiger partial charge in [-0.1, -0.05) is 30.3 Å². The average Bonchev–Trinajstić information content (AvgIpc) is 3.49. The lowest BCUT2D eigenvalue weighted by Crippen LogP contribution is -2.18. The van der Waals surface area contributed by atoms with Crippen LogP contribution in [0.1, 0.15) is 24.6 Å². The van der Waals surface area contributed by atoms with Crippen molar-refractivity contribution >= 4 is 46.3 Å². The fourth-order valence-corrected chi connectivity index (χ4v) is 4.97. The van der Waals surface area contributed by atoms with Crippen LogP contribution in [-0.2, 0) is 22.5 Å². The van der Waals surface area contributed by atoms with E-state index in [1.54, 1.807) is 29.7 Å². The molecule has 1 unspecified atom stereocenters. The molecule has 3 aromatic rings. The third-order valence-electron chi connectivity index (χ3n) is 4.75. The summed E-state index contributed by atoms with van der Waals surface area (Å²) in [6, 6.07) is 5.61. The second kappa shape index (κ2) is 9.91. The minimum Gasteiger partial charge on any atom is -0.376 e. The number of hydrogen-bond acceptors (Lipinski definition) is 7. The molecule has 0 aliphatic carbocycles. The summed E-state index contributed by atoms with van der Waals surface area (Å²) in [6.45, 7) is 3.61. The number of thioether (sulfide) groups is 1. The Morgan fingerprint density at radius 1 is 1.47 bits per heavy atom. The monoisotopic (exact) mass is 463 g/mol. The number of rotatable bonds is 8. The first-order valence-electron chi connectivity index (χ1n) is 9.79. The molecule has 0 aromatic carbocycles. The van der Waals surface area contributed by atoms with Gasteiger partial charge in [0.05, 0.1) is 24.1 Å². The molecule has 0 spiro atoms. The molecule has 0 saturated carbocycles. The quantitative estimate of drug-likeness (QED) is 0.390. The van der Waals surface area contributed by atoms with Gasteiger partial charge >= 0.3 is 0 Å². The van der Waals surface area contributed by atoms with Gasteiger partial charge in [0.2, 0.25) is 5.91 Å². The Morgan fingerprint density at radius 2 is 2.37 bits per heavy atom. The molecule has 7 nitrogen and oxygen atoms in total. The zero-order chi connectivity index (χ0) is 20.9. The summed E-state index contributed by atoms with van der Waals surface area (Å²) < 4.78 is 7.91. The van der Waals surface area contributed by atoms with Gasteiger partial charge in [0, 0.05) is 28.6 Å². The zero-order valence-corrected chi connectivity index (χ0v) is 18.9. The lowest BCUT2D eigenvalue weighted by Gasteiger charge is -2.14. The summed E-state index contributed by atoms with van der Waals surface area (Å²) in [6.07, 6.45) is 4.80. The third kappa shape index (κ3) is 5.03. The molecule has 0 radical (unpaired) electrons. The van der Waals surface area contributed by atoms with Crippen molar-refractivity contribution in [3.63, 3.8) is 0 Å². The smallest absolute Gasteiger partial charge is 0.234 e. The van der Waals surface area contributed by atoms with Crippen LogP contribution in [0.5, 0.6) is 0 Å². The van der Waals surface area contributed by atoms with E-state index in [9.17, 15) is 4.79 Å². The van der Waals surface area contributed by atoms with E-state index >= 15 is 0 Å². The molecule has 30 heavy (non-hydrogen) atoms. The molecule has 1 saturated heterocycles. The molecule has 10 heteroatoms. The van der Waals surface area contributed by atoms with E-state index in [0.29, 0.717) is 17.4 Å². The maximum absolute atomic E-state index is 12.4. The number of nitrogens with zero attached hydrogens (tertiary/aromatic N) is 4. The highest BCUT2D eigenvalue weighted by molar-refractivity contribution is 7.99. The maximum atomic E-state index is 12.4. The highest BCUT2D eigenvalue weighted by Gasteiger charge is 2.23. The van der Waals surface area contributed by atoms with Crippen molar-refractivity contribution in [1.82, 2.24) is 19.7 Å². The Morgan fingerprint density at radius 3 is 3.10 bits per heavy atom. The first-order chi connectivity index (χ1) is 14.6. The van der Waals surface area contributed by atoms with Crippen LogP contribution in [0.2, 0.25) is 5.15 Å². The van der Waals surface area contributed by atoms with Crippen LogP contribution in [-0.4, -0.2) is 44.1 Å². The minimum absolute atomic E-state index is 0.145. The van der Waals surface area contributed by atoms with Gasteiger partial charge in [-0.3, -0.25) is 9.36 Å². The van der Waals surface area contributed by atoms with Gasteiger partial charge < -0.3 is 10.1 Å². The molecule has 1 N–H and O–H groups in total. The number of ether oxygens (including phenoxy) is 1. The molecule has 1 fully saturated rings. The van der Waals surface area contributed by atoms with Crippen molar-refractivity contribution in [3.05, 3.63) is 39.8 Å². The highest BCUT2D eigenvalue weighted by Crippen LogP contribution is 2.30. The lowest BCUT2D eigenvalue weighted by atomic mass is 10.2. The van der Waals surface area contributed by atoms with Crippen molar-refractivity contribution < 1.29 is 9.53 Å². The Labute approximate surface area is 188 Å². The Bertz CT molecular complexity index is 1020. The van der Waals surface area contributed by atoms with E-state index < -0.39 is 0 Å². The number of hydrogen-bond donors (Lipinski definition) is 1. The lowest BCUT2D eigenvalue weighted by molar-refractivity contribution is -0.113. The SMILES string of the molecule is CCc1cc(-c2nnc(SCC(=O)Nc3cccnc3Cl)n2CC2CCCO2)cs1. The van der Waals surface area contributed by atoms with Crippen LogP contribution in [0, 0.1) is 0 Å². The molecule has 1 atom stereocenters. The third-order valence-corrected chi connectivity index (χ3v) is 7.10. The summed E-state index contributed by atoms with van der Waals surface area (Å²) in [4.78, 5) is 17.7. The standard InChI is InChI=1S/C20H22ClN5O2S2/c1-2-15-9-13(11-29-15)19-24-25-20(26(19)10-14-5-4-8-28-14)30-12-17(27)23-16-6-3-7-22-18(16)21/h3,6-7,9,11,14H,2,4-5,8,10,12H2,1H3,(H,23,27). The number of thiophene rings is 1. The second-order valence-corrected chi connectivity index (χ2v) is 9.18. The van der Waals surface area contributed by atoms with Gasteiger partial charge in [0.25, 0.3) is 0 Å². The molecular weight excluding hydrogens is 442 g/mol. The van der Waals surface area contributed by atoms with Crippen LogP contribution in [0.4, 0.5) is 5.69 Å². The summed E-state index contributed by atoms with van der Waals surface area (Å²) in [7, 11) is 0. The van der Waals surface area contributed by atoms with Crippen molar-refractivity contribution in [2.45, 2.75) is 44.0 Å². The van der Waals surface area contributed by atoms with Crippen LogP contribution in [0.3, 0.4) is 0 Å². The van der Waals surface area contributed by atoms with Crippen molar-refractivity contribution in [2.75, 3.05) is 17.7 Å². The van der Waals surface area contributed by atoms with Gasteiger partial charge in [-0.2, -0.15) is 0 Å². The highest BCUT2D eigenvalue weighted by atomic mass is 35.5. The molecule has 1 aliphatic heterocycles. The molecular formula is C20H22ClN5O2S2. The number of anilines is 1. The van der Waals surface area contributed by atoms with Crippen LogP contribution >= 0.6 is 34.7 Å². The maximum Gasteiger partial charge on any atom is 0.234 e. The molecule has 4 heterocycles. The van der Waals surface area contributed by atoms with E-state index in [2.05, 4.69) is 43.4 Å². The van der Waals surface area contributed by atoms with E-state index in [4.69, 9.17) is 16.3 Å². The van der Waals surface area contributed by atoms with Crippen LogP contribution in [0.15, 0.2) is 34.9 Å². The van der Waals surface area contributed by atoms with E-state index in [-0.39, 0.29) is 22.9 Å². The molecule has 1 amide bonds. The number of amides is 1. The molecule has 0 bridgehead atoms. The topological polar surface area (TPSA) is 81.9 Å². The van der Waals surface area contributed by atoms with E-state index in [1.807, 2.05) is 0 Å². The fraction of sp³-hybridized carbons (Fsp3) is 0.400. The van der Waals surface area contributed by atoms with Gasteiger partial charge in [-0.15, -0.1) is 21.5 Å². The van der Waals surface area contributed by atoms with Crippen molar-refractivity contribution in [1.29, 1.82) is 0 Å². The van der Waals surface area contributed by atoms with Crippen molar-refractivity contribution in [2.24, 2.45) is 0 Å². The van der Waals surface area contributed by atoms with Crippen LogP contribution < -0.4 is 5.32 Å². The largest absolute Gasteiger partial charge is 0.376 e. The fourth-order valence-electron chi connectivity index (χ4n) is 3.24. The molecule has 1 aliphatic rings. The number of pyridine rings is 1. The molecule has 4 rings (SSSR count). The van der Waals surface area contributed by atoms with Crippen molar-refractivity contribution in [3.8, 4) is 11.4 Å². The predicted octanol–water partition coefficient (Wildman–Crippen LogP) is 4.53. The van der Waals surface area contributed by atoms with Gasteiger partial charge in [-0.05, 0) is 37.5 Å². The number of aryl methyl sites for hydroxylation is 1. The number of carbonyl (C=O) groups is 1. The van der Waals surface area contributed by atoms with E-state index in [1.165, 1.54) is 16.6 Å². The minimum atomic E-state index is -0.174. The number of nitrogens with one attached hydrogen (secondary N) is 1. The summed E-state index contributed by atoms with van der Waals surface area (Å²) in [5.41, 5.74) is 1.55. The Balaban J connectivity index is 1.50. The summed E-state index contributed by atoms with van der Waals surface area (Å²) >= 11 is 9.10. The average molecular weight is 464 g/mol. The summed E-state index contributed by atoms with van der Waals surface area (Å²) in [5, 5.41) is 14.7. The van der Waals surface area contributed by atoms with Gasteiger partial charge in [0.15, 0.2) is 16.1 Å². The zero-order valence-electron chi connectivity index (χ0n) is 16.5. The summed E-state index contributed by atoms with van der Waals surface area (Å²) in [5.74, 6) is 0.838. The Hall–Kier alpha value is -1.94. The number of carbonyl (C=O) groups excluding carboxylic acids is 1. The van der Waals surface area contributed by atoms with E-state index in [0.717, 1.165) is 37.3 Å². The second-order valence-electron chi connectivity index (χ2n) is 6.89. The van der Waals surface area contributed by atoms with Gasteiger partial charge in [0.1, 0.15) is 0 Å². The normalized spacial score (nSPS) is 16.1.